The summed E-state index contributed by atoms with van der Waals surface area (Å²) in [5, 5.41) is 0. The Morgan fingerprint density at radius 3 is 2.96 bits per heavy atom. The molecule has 0 radical (unpaired) electrons. The molecular weight excluding hydrogens is 413 g/mol. The Kier molecular flexibility index (Phi) is 7.25. The highest BCUT2D eigenvalue weighted by Gasteiger charge is 2.30. The molecule has 2 aliphatic rings. The lowest BCUT2D eigenvalue weighted by Gasteiger charge is -2.24. The van der Waals surface area contributed by atoms with E-state index in [1.54, 1.807) is 16.8 Å². The van der Waals surface area contributed by atoms with Gasteiger partial charge in [-0.05, 0) is 43.3 Å². The molecule has 3 heterocycles. The van der Waals surface area contributed by atoms with Crippen molar-refractivity contribution in [1.82, 2.24) is 9.55 Å². The molecule has 1 fully saturated rings. The zero-order valence-corrected chi connectivity index (χ0v) is 16.7. The van der Waals surface area contributed by atoms with Gasteiger partial charge in [0.05, 0.1) is 26.5 Å². The number of halogens is 2. The van der Waals surface area contributed by atoms with E-state index >= 15 is 0 Å². The van der Waals surface area contributed by atoms with Crippen molar-refractivity contribution in [3.05, 3.63) is 57.0 Å². The summed E-state index contributed by atoms with van der Waals surface area (Å²) in [7, 11) is -1.04. The van der Waals surface area contributed by atoms with Gasteiger partial charge in [0.15, 0.2) is 4.77 Å². The molecule has 1 aromatic heterocycles. The van der Waals surface area contributed by atoms with Crippen LogP contribution in [0.5, 0.6) is 5.75 Å². The average molecular weight is 432 g/mol. The predicted molar refractivity (Wildman–Crippen MR) is 101 cm³/mol. The molecule has 0 saturated carbocycles. The van der Waals surface area contributed by atoms with Gasteiger partial charge in [-0.1, -0.05) is 0 Å². The van der Waals surface area contributed by atoms with Crippen molar-refractivity contribution >= 4 is 20.8 Å². The molecule has 1 saturated heterocycles. The number of aromatic amines is 1. The van der Waals surface area contributed by atoms with Crippen LogP contribution >= 0.6 is 20.8 Å². The van der Waals surface area contributed by atoms with E-state index in [4.69, 9.17) is 30.5 Å². The monoisotopic (exact) mass is 432 g/mol. The summed E-state index contributed by atoms with van der Waals surface area (Å²) < 4.78 is 47.5. The number of aromatic nitrogens is 2. The van der Waals surface area contributed by atoms with Crippen LogP contribution in [0, 0.1) is 10.6 Å². The maximum absolute atomic E-state index is 13.2. The zero-order chi connectivity index (χ0) is 20.1. The van der Waals surface area contributed by atoms with E-state index in [2.05, 4.69) is 4.98 Å². The second-order valence-corrected chi connectivity index (χ2v) is 7.48. The van der Waals surface area contributed by atoms with E-state index in [1.807, 2.05) is 0 Å². The molecule has 28 heavy (non-hydrogen) atoms. The Hall–Kier alpha value is -1.71. The van der Waals surface area contributed by atoms with E-state index in [1.165, 1.54) is 18.2 Å². The highest BCUT2D eigenvalue weighted by atomic mass is 32.1. The molecule has 3 unspecified atom stereocenters. The second-order valence-electron chi connectivity index (χ2n) is 5.94. The fraction of sp³-hybridized carbons (Fsp3) is 0.412. The minimum atomic E-state index is -1.54. The number of nitrogens with zero attached hydrogens (tertiary/aromatic N) is 1. The standard InChI is InChI=1S/C16H16FN2O5PS.CH3F/c17-11-1-3-13-10(7-11)8-21-25(24-13)22-9-12-2-4-15(23-12)19-6-5-14(20)18-16(19)26;1-2/h1,3,5-7,12,15H,2,4,8-9H2,(H,18,20,26);1H3. The van der Waals surface area contributed by atoms with Gasteiger partial charge in [-0.2, -0.15) is 0 Å². The van der Waals surface area contributed by atoms with Gasteiger partial charge < -0.3 is 9.26 Å². The van der Waals surface area contributed by atoms with Crippen molar-refractivity contribution in [2.24, 2.45) is 0 Å². The van der Waals surface area contributed by atoms with Crippen molar-refractivity contribution < 1.29 is 27.1 Å². The molecule has 0 bridgehead atoms. The number of benzene rings is 1. The fourth-order valence-corrected chi connectivity index (χ4v) is 4.18. The zero-order valence-electron chi connectivity index (χ0n) is 15.0. The summed E-state index contributed by atoms with van der Waals surface area (Å²) in [6, 6.07) is 5.72. The van der Waals surface area contributed by atoms with Gasteiger partial charge >= 0.3 is 8.60 Å². The van der Waals surface area contributed by atoms with E-state index in [0.717, 1.165) is 12.8 Å². The molecule has 7 nitrogen and oxygen atoms in total. The number of hydrogen-bond acceptors (Lipinski definition) is 6. The molecule has 3 atom stereocenters. The maximum atomic E-state index is 13.2. The van der Waals surface area contributed by atoms with Gasteiger partial charge in [-0.25, -0.2) is 4.39 Å². The molecule has 1 N–H and O–H groups in total. The molecule has 2 aromatic rings. The number of alkyl halides is 1. The van der Waals surface area contributed by atoms with Crippen LogP contribution in [0.4, 0.5) is 8.78 Å². The predicted octanol–water partition coefficient (Wildman–Crippen LogP) is 4.16. The SMILES string of the molecule is CF.O=c1ccn(C2CCC(COP3OCc4cc(F)ccc4O3)O2)c(=S)[nH]1. The number of hydrogen-bond donors (Lipinski definition) is 1. The Labute approximate surface area is 166 Å². The first-order valence-electron chi connectivity index (χ1n) is 8.45. The van der Waals surface area contributed by atoms with E-state index in [0.29, 0.717) is 29.9 Å². The fourth-order valence-electron chi connectivity index (χ4n) is 2.85. The third-order valence-corrected chi connectivity index (χ3v) is 5.49. The summed E-state index contributed by atoms with van der Waals surface area (Å²) in [5.74, 6) is 0.253. The Bertz CT molecular complexity index is 925. The number of fused-ring (bicyclic) bond motifs is 1. The van der Waals surface area contributed by atoms with Gasteiger partial charge in [-0.3, -0.25) is 27.8 Å². The molecule has 152 valence electrons. The average Bonchev–Trinajstić information content (AvgIpc) is 3.16. The van der Waals surface area contributed by atoms with Crippen LogP contribution < -0.4 is 10.1 Å². The first kappa shape index (κ1) is 21.0. The minimum Gasteiger partial charge on any atom is -0.426 e. The minimum absolute atomic E-state index is 0.127. The number of nitrogens with one attached hydrogen (secondary N) is 1. The highest BCUT2D eigenvalue weighted by molar-refractivity contribution is 7.71. The van der Waals surface area contributed by atoms with E-state index in [9.17, 15) is 13.6 Å². The first-order valence-corrected chi connectivity index (χ1v) is 9.96. The van der Waals surface area contributed by atoms with Crippen molar-refractivity contribution in [2.45, 2.75) is 31.8 Å². The van der Waals surface area contributed by atoms with Crippen LogP contribution in [-0.4, -0.2) is 29.4 Å². The second kappa shape index (κ2) is 9.67. The number of rotatable bonds is 4. The van der Waals surface area contributed by atoms with Gasteiger partial charge in [0, 0.05) is 17.8 Å². The van der Waals surface area contributed by atoms with Gasteiger partial charge in [0.1, 0.15) is 17.8 Å². The Morgan fingerprint density at radius 1 is 1.36 bits per heavy atom. The summed E-state index contributed by atoms with van der Waals surface area (Å²) >= 11 is 5.16. The number of ether oxygens (including phenoxy) is 1. The summed E-state index contributed by atoms with van der Waals surface area (Å²) in [5.41, 5.74) is 0.427. The van der Waals surface area contributed by atoms with Crippen LogP contribution in [0.1, 0.15) is 24.6 Å². The maximum Gasteiger partial charge on any atom is 0.397 e. The smallest absolute Gasteiger partial charge is 0.397 e. The Balaban J connectivity index is 0.00000109. The van der Waals surface area contributed by atoms with Crippen LogP contribution in [0.2, 0.25) is 0 Å². The van der Waals surface area contributed by atoms with Crippen LogP contribution in [0.15, 0.2) is 35.3 Å². The van der Waals surface area contributed by atoms with Gasteiger partial charge in [-0.15, -0.1) is 0 Å². The van der Waals surface area contributed by atoms with E-state index < -0.39 is 8.60 Å². The van der Waals surface area contributed by atoms with Gasteiger partial charge in [0.25, 0.3) is 5.56 Å². The summed E-state index contributed by atoms with van der Waals surface area (Å²) in [6.45, 7) is 0.564. The van der Waals surface area contributed by atoms with Crippen LogP contribution in [0.25, 0.3) is 0 Å². The molecular formula is C17H19F2N2O5PS. The van der Waals surface area contributed by atoms with Crippen molar-refractivity contribution in [3.8, 4) is 5.75 Å². The lowest BCUT2D eigenvalue weighted by atomic mass is 10.2. The first-order chi connectivity index (χ1) is 13.6. The summed E-state index contributed by atoms with van der Waals surface area (Å²) in [6.07, 6.45) is 2.81. The highest BCUT2D eigenvalue weighted by Crippen LogP contribution is 2.47. The lowest BCUT2D eigenvalue weighted by Crippen LogP contribution is -2.19. The van der Waals surface area contributed by atoms with Gasteiger partial charge in [0.2, 0.25) is 0 Å². The normalized spacial score (nSPS) is 23.3. The molecule has 0 spiro atoms. The molecule has 0 aliphatic carbocycles. The topological polar surface area (TPSA) is 74.7 Å². The van der Waals surface area contributed by atoms with Crippen LogP contribution in [-0.2, 0) is 20.4 Å². The molecule has 0 amide bonds. The van der Waals surface area contributed by atoms with Crippen molar-refractivity contribution in [3.63, 3.8) is 0 Å². The van der Waals surface area contributed by atoms with Crippen molar-refractivity contribution in [2.75, 3.05) is 13.8 Å². The van der Waals surface area contributed by atoms with E-state index in [-0.39, 0.29) is 30.3 Å². The third-order valence-electron chi connectivity index (χ3n) is 4.13. The molecule has 4 rings (SSSR count). The van der Waals surface area contributed by atoms with Crippen molar-refractivity contribution in [1.29, 1.82) is 0 Å². The third kappa shape index (κ3) is 5.01. The summed E-state index contributed by atoms with van der Waals surface area (Å²) in [4.78, 5) is 13.8. The lowest BCUT2D eigenvalue weighted by molar-refractivity contribution is -0.0220. The largest absolute Gasteiger partial charge is 0.426 e. The Morgan fingerprint density at radius 2 is 2.18 bits per heavy atom. The quantitative estimate of drug-likeness (QED) is 0.578. The van der Waals surface area contributed by atoms with Crippen LogP contribution in [0.3, 0.4) is 0 Å². The molecule has 11 heteroatoms. The molecule has 2 aliphatic heterocycles. The molecule has 1 aromatic carbocycles. The number of H-pyrrole nitrogens is 1.